The van der Waals surface area contributed by atoms with E-state index in [4.69, 9.17) is 22.1 Å². The van der Waals surface area contributed by atoms with Crippen LogP contribution in [-0.2, 0) is 9.53 Å². The largest absolute Gasteiger partial charge is 0.508 e. The zero-order valence-corrected chi connectivity index (χ0v) is 10.6. The standard InChI is InChI=1S/C12H14N2O3S/c15-10-3-1-9(2-4-10)13-11(16)12(18)14-5-7-17-8-6-14/h1-4,15H,5-8H2,(H,13,16). The maximum Gasteiger partial charge on any atom is 0.283 e. The molecular formula is C12H14N2O3S. The molecule has 0 radical (unpaired) electrons. The third-order valence-electron chi connectivity index (χ3n) is 2.62. The average molecular weight is 266 g/mol. The molecule has 0 aromatic heterocycles. The van der Waals surface area contributed by atoms with Crippen LogP contribution in [0.15, 0.2) is 24.3 Å². The van der Waals surface area contributed by atoms with Gasteiger partial charge in [-0.3, -0.25) is 4.79 Å². The van der Waals surface area contributed by atoms with Crippen molar-refractivity contribution in [2.75, 3.05) is 31.6 Å². The van der Waals surface area contributed by atoms with Crippen LogP contribution in [0.4, 0.5) is 5.69 Å². The number of nitrogens with one attached hydrogen (secondary N) is 1. The van der Waals surface area contributed by atoms with Crippen molar-refractivity contribution in [1.29, 1.82) is 0 Å². The van der Waals surface area contributed by atoms with E-state index < -0.39 is 0 Å². The molecule has 1 aliphatic rings. The van der Waals surface area contributed by atoms with Crippen molar-refractivity contribution >= 4 is 28.8 Å². The van der Waals surface area contributed by atoms with Crippen LogP contribution in [0.1, 0.15) is 0 Å². The van der Waals surface area contributed by atoms with Gasteiger partial charge in [-0.25, -0.2) is 0 Å². The van der Waals surface area contributed by atoms with Gasteiger partial charge in [0.15, 0.2) is 4.99 Å². The van der Waals surface area contributed by atoms with E-state index in [-0.39, 0.29) is 16.6 Å². The van der Waals surface area contributed by atoms with Gasteiger partial charge >= 0.3 is 0 Å². The lowest BCUT2D eigenvalue weighted by atomic mass is 10.3. The van der Waals surface area contributed by atoms with E-state index in [9.17, 15) is 4.79 Å². The van der Waals surface area contributed by atoms with Crippen LogP contribution in [-0.4, -0.2) is 47.2 Å². The summed E-state index contributed by atoms with van der Waals surface area (Å²) in [5, 5.41) is 11.8. The van der Waals surface area contributed by atoms with Gasteiger partial charge in [0.2, 0.25) is 0 Å². The molecule has 0 unspecified atom stereocenters. The normalized spacial score (nSPS) is 15.2. The van der Waals surface area contributed by atoms with Crippen molar-refractivity contribution in [2.45, 2.75) is 0 Å². The summed E-state index contributed by atoms with van der Waals surface area (Å²) in [6, 6.07) is 6.26. The van der Waals surface area contributed by atoms with E-state index in [1.807, 2.05) is 4.90 Å². The first-order valence-electron chi connectivity index (χ1n) is 5.64. The summed E-state index contributed by atoms with van der Waals surface area (Å²) < 4.78 is 5.20. The molecule has 0 bridgehead atoms. The fourth-order valence-electron chi connectivity index (χ4n) is 1.64. The number of nitrogens with zero attached hydrogens (tertiary/aromatic N) is 1. The first kappa shape index (κ1) is 12.8. The summed E-state index contributed by atoms with van der Waals surface area (Å²) in [4.78, 5) is 14.0. The van der Waals surface area contributed by atoms with E-state index in [0.29, 0.717) is 32.0 Å². The van der Waals surface area contributed by atoms with E-state index in [1.165, 1.54) is 12.1 Å². The zero-order valence-electron chi connectivity index (χ0n) is 9.76. The summed E-state index contributed by atoms with van der Waals surface area (Å²) >= 11 is 5.13. The van der Waals surface area contributed by atoms with Gasteiger partial charge in [0.1, 0.15) is 5.75 Å². The van der Waals surface area contributed by atoms with Crippen molar-refractivity contribution in [2.24, 2.45) is 0 Å². The zero-order chi connectivity index (χ0) is 13.0. The van der Waals surface area contributed by atoms with Crippen LogP contribution in [0.25, 0.3) is 0 Å². The van der Waals surface area contributed by atoms with Crippen LogP contribution in [0.3, 0.4) is 0 Å². The number of carbonyl (C=O) groups excluding carboxylic acids is 1. The van der Waals surface area contributed by atoms with Crippen LogP contribution in [0, 0.1) is 0 Å². The maximum atomic E-state index is 11.9. The first-order chi connectivity index (χ1) is 8.66. The molecule has 2 N–H and O–H groups in total. The number of rotatable bonds is 1. The quantitative estimate of drug-likeness (QED) is 0.586. The van der Waals surface area contributed by atoms with Crippen molar-refractivity contribution < 1.29 is 14.6 Å². The molecule has 1 aromatic carbocycles. The van der Waals surface area contributed by atoms with Gasteiger partial charge in [-0.1, -0.05) is 12.2 Å². The molecule has 0 atom stereocenters. The Balaban J connectivity index is 1.94. The molecule has 0 spiro atoms. The Morgan fingerprint density at radius 1 is 1.28 bits per heavy atom. The van der Waals surface area contributed by atoms with Gasteiger partial charge in [0.25, 0.3) is 5.91 Å². The van der Waals surface area contributed by atoms with E-state index in [2.05, 4.69) is 5.32 Å². The number of benzene rings is 1. The molecule has 1 saturated heterocycles. The Hall–Kier alpha value is -1.66. The number of morpholine rings is 1. The van der Waals surface area contributed by atoms with Crippen molar-refractivity contribution in [3.63, 3.8) is 0 Å². The Kier molecular flexibility index (Phi) is 4.11. The SMILES string of the molecule is O=C(Nc1ccc(O)cc1)C(=S)N1CCOCC1. The molecule has 5 nitrogen and oxygen atoms in total. The molecule has 1 aliphatic heterocycles. The van der Waals surface area contributed by atoms with E-state index in [1.54, 1.807) is 12.1 Å². The minimum absolute atomic E-state index is 0.156. The summed E-state index contributed by atoms with van der Waals surface area (Å²) in [5.74, 6) is -0.152. The van der Waals surface area contributed by atoms with Crippen molar-refractivity contribution in [1.82, 2.24) is 4.90 Å². The predicted molar refractivity (Wildman–Crippen MR) is 71.7 cm³/mol. The topological polar surface area (TPSA) is 61.8 Å². The fourth-order valence-corrected chi connectivity index (χ4v) is 1.87. The predicted octanol–water partition coefficient (Wildman–Crippen LogP) is 0.990. The highest BCUT2D eigenvalue weighted by molar-refractivity contribution is 7.82. The highest BCUT2D eigenvalue weighted by atomic mass is 32.1. The number of aromatic hydroxyl groups is 1. The number of amides is 1. The Bertz CT molecular complexity index is 441. The Labute approximate surface area is 110 Å². The number of phenols is 1. The number of hydrogen-bond acceptors (Lipinski definition) is 4. The molecule has 0 aliphatic carbocycles. The van der Waals surface area contributed by atoms with Gasteiger partial charge in [-0.05, 0) is 24.3 Å². The fraction of sp³-hybridized carbons (Fsp3) is 0.333. The summed E-state index contributed by atoms with van der Waals surface area (Å²) in [6.07, 6.45) is 0. The lowest BCUT2D eigenvalue weighted by Gasteiger charge is -2.28. The molecule has 18 heavy (non-hydrogen) atoms. The van der Waals surface area contributed by atoms with Gasteiger partial charge in [0, 0.05) is 18.8 Å². The molecular weight excluding hydrogens is 252 g/mol. The number of carbonyl (C=O) groups is 1. The molecule has 96 valence electrons. The summed E-state index contributed by atoms with van der Waals surface area (Å²) in [6.45, 7) is 2.46. The number of ether oxygens (including phenoxy) is 1. The van der Waals surface area contributed by atoms with Gasteiger partial charge in [-0.15, -0.1) is 0 Å². The Morgan fingerprint density at radius 2 is 1.89 bits per heavy atom. The minimum atomic E-state index is -0.308. The average Bonchev–Trinajstić information content (AvgIpc) is 2.41. The monoisotopic (exact) mass is 266 g/mol. The maximum absolute atomic E-state index is 11.9. The third-order valence-corrected chi connectivity index (χ3v) is 3.06. The summed E-state index contributed by atoms with van der Waals surface area (Å²) in [5.41, 5.74) is 0.605. The van der Waals surface area contributed by atoms with Crippen molar-refractivity contribution in [3.8, 4) is 5.75 Å². The second kappa shape index (κ2) is 5.79. The lowest BCUT2D eigenvalue weighted by Crippen LogP contribution is -2.44. The number of hydrogen-bond donors (Lipinski definition) is 2. The van der Waals surface area contributed by atoms with Crippen LogP contribution in [0.5, 0.6) is 5.75 Å². The van der Waals surface area contributed by atoms with E-state index >= 15 is 0 Å². The number of phenolic OH excluding ortho intramolecular Hbond substituents is 1. The van der Waals surface area contributed by atoms with Gasteiger partial charge in [-0.2, -0.15) is 0 Å². The highest BCUT2D eigenvalue weighted by Crippen LogP contribution is 2.14. The van der Waals surface area contributed by atoms with E-state index in [0.717, 1.165) is 0 Å². The lowest BCUT2D eigenvalue weighted by molar-refractivity contribution is -0.111. The van der Waals surface area contributed by atoms with Gasteiger partial charge < -0.3 is 20.1 Å². The first-order valence-corrected chi connectivity index (χ1v) is 6.04. The molecule has 1 fully saturated rings. The molecule has 1 heterocycles. The molecule has 6 heteroatoms. The Morgan fingerprint density at radius 3 is 2.50 bits per heavy atom. The highest BCUT2D eigenvalue weighted by Gasteiger charge is 2.19. The third kappa shape index (κ3) is 3.18. The molecule has 1 amide bonds. The number of anilines is 1. The second-order valence-corrected chi connectivity index (χ2v) is 4.29. The second-order valence-electron chi connectivity index (χ2n) is 3.91. The summed E-state index contributed by atoms with van der Waals surface area (Å²) in [7, 11) is 0. The molecule has 2 rings (SSSR count). The van der Waals surface area contributed by atoms with Gasteiger partial charge in [0.05, 0.1) is 13.2 Å². The molecule has 1 aromatic rings. The minimum Gasteiger partial charge on any atom is -0.508 e. The number of thiocarbonyl (C=S) groups is 1. The van der Waals surface area contributed by atoms with Crippen LogP contribution >= 0.6 is 12.2 Å². The molecule has 0 saturated carbocycles. The van der Waals surface area contributed by atoms with Crippen LogP contribution in [0.2, 0.25) is 0 Å². The van der Waals surface area contributed by atoms with Crippen molar-refractivity contribution in [3.05, 3.63) is 24.3 Å². The smallest absolute Gasteiger partial charge is 0.283 e. The van der Waals surface area contributed by atoms with Crippen LogP contribution < -0.4 is 5.32 Å².